The summed E-state index contributed by atoms with van der Waals surface area (Å²) < 4.78 is 4.33. The topological polar surface area (TPSA) is 43.4 Å². The molecule has 0 spiro atoms. The van der Waals surface area contributed by atoms with Gasteiger partial charge in [0.1, 0.15) is 0 Å². The molecule has 0 heterocycles. The molecule has 0 aliphatic heterocycles. The first kappa shape index (κ1) is 9.49. The van der Waals surface area contributed by atoms with Gasteiger partial charge in [-0.25, -0.2) is 4.79 Å². The fourth-order valence-corrected chi connectivity index (χ4v) is 0.700. The molecule has 58 valence electrons. The largest absolute Gasteiger partial charge is 0.385 e. The van der Waals surface area contributed by atoms with Gasteiger partial charge in [0.05, 0.1) is 0 Å². The van der Waals surface area contributed by atoms with Crippen LogP contribution in [0, 0.1) is 0 Å². The first-order chi connectivity index (χ1) is 4.70. The molecule has 0 rings (SSSR count). The molecular weight excluding hydrogens is 152 g/mol. The Balaban J connectivity index is 3.47. The smallest absolute Gasteiger partial charge is 0.374 e. The number of thioether (sulfide) groups is 1. The summed E-state index contributed by atoms with van der Waals surface area (Å²) in [4.78, 5) is 21.0. The van der Waals surface area contributed by atoms with E-state index in [1.165, 1.54) is 0 Å². The Morgan fingerprint density at radius 1 is 1.40 bits per heavy atom. The summed E-state index contributed by atoms with van der Waals surface area (Å²) >= 11 is 0.993. The van der Waals surface area contributed by atoms with E-state index in [4.69, 9.17) is 0 Å². The third-order valence-electron chi connectivity index (χ3n) is 0.748. The van der Waals surface area contributed by atoms with E-state index in [0.29, 0.717) is 5.75 Å². The lowest BCUT2D eigenvalue weighted by molar-refractivity contribution is -0.136. The van der Waals surface area contributed by atoms with Crippen molar-refractivity contribution in [2.24, 2.45) is 0 Å². The van der Waals surface area contributed by atoms with Crippen LogP contribution in [0.15, 0.2) is 0 Å². The van der Waals surface area contributed by atoms with Crippen LogP contribution >= 0.6 is 11.8 Å². The molecule has 0 aliphatic rings. The summed E-state index contributed by atoms with van der Waals surface area (Å²) in [6.45, 7) is 3.47. The monoisotopic (exact) mass is 162 g/mol. The van der Waals surface area contributed by atoms with Gasteiger partial charge in [-0.15, -0.1) is 0 Å². The predicted octanol–water partition coefficient (Wildman–Crippen LogP) is 1.81. The number of ether oxygens (including phenoxy) is 1. The minimum Gasteiger partial charge on any atom is -0.385 e. The van der Waals surface area contributed by atoms with Crippen LogP contribution in [0.1, 0.15) is 20.3 Å². The fourth-order valence-electron chi connectivity index (χ4n) is 0.312. The van der Waals surface area contributed by atoms with Crippen LogP contribution in [0.3, 0.4) is 0 Å². The highest BCUT2D eigenvalue weighted by atomic mass is 32.2. The number of hydrogen-bond donors (Lipinski definition) is 0. The molecular formula is C6H10O3S. The molecule has 0 unspecified atom stereocenters. The van der Waals surface area contributed by atoms with E-state index < -0.39 is 11.3 Å². The zero-order valence-electron chi connectivity index (χ0n) is 6.05. The zero-order chi connectivity index (χ0) is 7.98. The van der Waals surface area contributed by atoms with Crippen molar-refractivity contribution >= 4 is 23.0 Å². The van der Waals surface area contributed by atoms with Gasteiger partial charge < -0.3 is 4.74 Å². The van der Waals surface area contributed by atoms with E-state index in [2.05, 4.69) is 4.74 Å². The molecule has 3 nitrogen and oxygen atoms in total. The summed E-state index contributed by atoms with van der Waals surface area (Å²) in [6.07, 6.45) is 0.246. The number of carbonyl (C=O) groups excluding carboxylic acids is 2. The Morgan fingerprint density at radius 2 is 2.00 bits per heavy atom. The highest BCUT2D eigenvalue weighted by Crippen LogP contribution is 2.04. The molecule has 0 aliphatic carbocycles. The van der Waals surface area contributed by atoms with Crippen molar-refractivity contribution in [2.45, 2.75) is 20.3 Å². The normalized spacial score (nSPS) is 9.00. The van der Waals surface area contributed by atoms with Crippen LogP contribution in [0.4, 0.5) is 4.79 Å². The van der Waals surface area contributed by atoms with Gasteiger partial charge in [-0.2, -0.15) is 0 Å². The summed E-state index contributed by atoms with van der Waals surface area (Å²) in [5.74, 6) is 0.168. The summed E-state index contributed by atoms with van der Waals surface area (Å²) in [5, 5.41) is -0.505. The van der Waals surface area contributed by atoms with E-state index >= 15 is 0 Å². The molecule has 0 aromatic carbocycles. The highest BCUT2D eigenvalue weighted by Gasteiger charge is 2.06. The van der Waals surface area contributed by atoms with E-state index in [0.717, 1.165) is 11.8 Å². The minimum absolute atomic E-state index is 0.246. The van der Waals surface area contributed by atoms with E-state index in [1.807, 2.05) is 6.92 Å². The van der Waals surface area contributed by atoms with Crippen LogP contribution < -0.4 is 0 Å². The van der Waals surface area contributed by atoms with Gasteiger partial charge in [0.25, 0.3) is 0 Å². The van der Waals surface area contributed by atoms with Gasteiger partial charge in [0, 0.05) is 12.2 Å². The average molecular weight is 162 g/mol. The molecule has 0 atom stereocenters. The second kappa shape index (κ2) is 5.29. The lowest BCUT2D eigenvalue weighted by Crippen LogP contribution is -2.06. The zero-order valence-corrected chi connectivity index (χ0v) is 6.86. The highest BCUT2D eigenvalue weighted by molar-refractivity contribution is 8.13. The number of esters is 1. The molecule has 0 fully saturated rings. The fraction of sp³-hybridized carbons (Fsp3) is 0.667. The van der Waals surface area contributed by atoms with Gasteiger partial charge in [0.2, 0.25) is 0 Å². The Labute approximate surface area is 64.1 Å². The summed E-state index contributed by atoms with van der Waals surface area (Å²) in [7, 11) is 0. The van der Waals surface area contributed by atoms with Crippen molar-refractivity contribution in [3.63, 3.8) is 0 Å². The Hall–Kier alpha value is -0.510. The second-order valence-corrected chi connectivity index (χ2v) is 2.71. The van der Waals surface area contributed by atoms with Gasteiger partial charge in [0.15, 0.2) is 0 Å². The standard InChI is InChI=1S/C6H10O3S/c1-3-5(7)9-6(8)10-4-2/h3-4H2,1-2H3. The molecule has 0 radical (unpaired) electrons. The van der Waals surface area contributed by atoms with E-state index in [1.54, 1.807) is 6.92 Å². The lowest BCUT2D eigenvalue weighted by Gasteiger charge is -1.96. The molecule has 4 heteroatoms. The van der Waals surface area contributed by atoms with E-state index in [-0.39, 0.29) is 6.42 Å². The molecule has 0 aromatic heterocycles. The Kier molecular flexibility index (Phi) is 5.02. The van der Waals surface area contributed by atoms with Crippen molar-refractivity contribution < 1.29 is 14.3 Å². The van der Waals surface area contributed by atoms with Gasteiger partial charge in [-0.05, 0) is 11.8 Å². The molecule has 0 bridgehead atoms. The number of carbonyl (C=O) groups is 2. The van der Waals surface area contributed by atoms with Gasteiger partial charge >= 0.3 is 11.3 Å². The van der Waals surface area contributed by atoms with Crippen molar-refractivity contribution in [3.8, 4) is 0 Å². The second-order valence-electron chi connectivity index (χ2n) is 1.51. The maximum Gasteiger partial charge on any atom is 0.374 e. The average Bonchev–Trinajstić information content (AvgIpc) is 1.88. The van der Waals surface area contributed by atoms with Gasteiger partial charge in [-0.3, -0.25) is 4.79 Å². The first-order valence-electron chi connectivity index (χ1n) is 3.08. The third-order valence-corrected chi connectivity index (χ3v) is 1.36. The maximum absolute atomic E-state index is 10.5. The SMILES string of the molecule is CCSC(=O)OC(=O)CC. The van der Waals surface area contributed by atoms with Crippen LogP contribution in [0.2, 0.25) is 0 Å². The van der Waals surface area contributed by atoms with Crippen LogP contribution in [0.25, 0.3) is 0 Å². The minimum atomic E-state index is -0.505. The first-order valence-corrected chi connectivity index (χ1v) is 4.06. The summed E-state index contributed by atoms with van der Waals surface area (Å²) in [6, 6.07) is 0. The summed E-state index contributed by atoms with van der Waals surface area (Å²) in [5.41, 5.74) is 0. The molecule has 0 saturated heterocycles. The quantitative estimate of drug-likeness (QED) is 0.459. The molecule has 0 aromatic rings. The number of hydrogen-bond acceptors (Lipinski definition) is 4. The van der Waals surface area contributed by atoms with Crippen molar-refractivity contribution in [3.05, 3.63) is 0 Å². The Bertz CT molecular complexity index is 133. The maximum atomic E-state index is 10.5. The molecule has 10 heavy (non-hydrogen) atoms. The van der Waals surface area contributed by atoms with Crippen LogP contribution in [-0.2, 0) is 9.53 Å². The van der Waals surface area contributed by atoms with Crippen LogP contribution in [0.5, 0.6) is 0 Å². The van der Waals surface area contributed by atoms with Crippen molar-refractivity contribution in [2.75, 3.05) is 5.75 Å². The molecule has 0 amide bonds. The third kappa shape index (κ3) is 4.38. The predicted molar refractivity (Wildman–Crippen MR) is 39.9 cm³/mol. The van der Waals surface area contributed by atoms with Crippen molar-refractivity contribution in [1.29, 1.82) is 0 Å². The van der Waals surface area contributed by atoms with E-state index in [9.17, 15) is 9.59 Å². The number of rotatable bonds is 2. The Morgan fingerprint density at radius 3 is 2.40 bits per heavy atom. The van der Waals surface area contributed by atoms with Gasteiger partial charge in [-0.1, -0.05) is 13.8 Å². The lowest BCUT2D eigenvalue weighted by atomic mass is 10.5. The van der Waals surface area contributed by atoms with Crippen molar-refractivity contribution in [1.82, 2.24) is 0 Å². The molecule has 0 saturated carbocycles. The van der Waals surface area contributed by atoms with Crippen LogP contribution in [-0.4, -0.2) is 17.0 Å². The molecule has 0 N–H and O–H groups in total.